The molecule has 0 aliphatic heterocycles. The molecule has 3 heterocycles. The summed E-state index contributed by atoms with van der Waals surface area (Å²) < 4.78 is 8.73. The van der Waals surface area contributed by atoms with Crippen molar-refractivity contribution in [2.24, 2.45) is 0 Å². The molecule has 0 aliphatic carbocycles. The molecule has 6 rings (SSSR count). The number of aryl methyl sites for hydroxylation is 2. The summed E-state index contributed by atoms with van der Waals surface area (Å²) in [5, 5.41) is 13.4. The Labute approximate surface area is 233 Å². The predicted octanol–water partition coefficient (Wildman–Crippen LogP) is 7.21. The first-order valence-corrected chi connectivity index (χ1v) is 14.2. The molecule has 39 heavy (non-hydrogen) atoms. The molecule has 7 nitrogen and oxygen atoms in total. The first kappa shape index (κ1) is 25.1. The second-order valence-corrected chi connectivity index (χ2v) is 11.2. The van der Waals surface area contributed by atoms with E-state index >= 15 is 0 Å². The fraction of sp³-hybridized carbons (Fsp3) is 0.133. The van der Waals surface area contributed by atoms with Gasteiger partial charge in [-0.15, -0.1) is 21.5 Å². The molecule has 0 saturated carbocycles. The van der Waals surface area contributed by atoms with Gasteiger partial charge in [0.15, 0.2) is 11.0 Å². The minimum atomic E-state index is -0.118. The Morgan fingerprint density at radius 2 is 1.79 bits per heavy atom. The van der Waals surface area contributed by atoms with Crippen LogP contribution in [0.5, 0.6) is 0 Å². The standard InChI is InChI=1S/C30H25N5O2S2/c1-19-5-3-6-22(15-19)28-33-34-30(35(28)17-24-7-4-14-37-24)38-18-27(36)31-23-11-9-21(10-12-23)29-32-25-13-8-20(2)16-26(25)39-29/h3-16H,17-18H2,1-2H3,(H,31,36). The number of hydrogen-bond acceptors (Lipinski definition) is 7. The van der Waals surface area contributed by atoms with Gasteiger partial charge in [-0.2, -0.15) is 0 Å². The Bertz CT molecular complexity index is 1750. The van der Waals surface area contributed by atoms with Crippen molar-refractivity contribution >= 4 is 44.9 Å². The van der Waals surface area contributed by atoms with Crippen LogP contribution in [0.4, 0.5) is 5.69 Å². The van der Waals surface area contributed by atoms with E-state index in [1.54, 1.807) is 17.6 Å². The zero-order chi connectivity index (χ0) is 26.8. The summed E-state index contributed by atoms with van der Waals surface area (Å²) in [6, 6.07) is 26.0. The third kappa shape index (κ3) is 5.64. The van der Waals surface area contributed by atoms with Crippen LogP contribution in [0.25, 0.3) is 32.2 Å². The second kappa shape index (κ2) is 10.9. The van der Waals surface area contributed by atoms with Crippen molar-refractivity contribution in [3.63, 3.8) is 0 Å². The monoisotopic (exact) mass is 551 g/mol. The SMILES string of the molecule is Cc1cccc(-c2nnc(SCC(=O)Nc3ccc(-c4nc5ccc(C)cc5s4)cc3)n2Cc2ccco2)c1. The van der Waals surface area contributed by atoms with Gasteiger partial charge in [0.1, 0.15) is 10.8 Å². The van der Waals surface area contributed by atoms with Gasteiger partial charge in [0.05, 0.1) is 28.8 Å². The maximum Gasteiger partial charge on any atom is 0.234 e. The number of furan rings is 1. The van der Waals surface area contributed by atoms with Crippen molar-refractivity contribution in [2.75, 3.05) is 11.1 Å². The number of fused-ring (bicyclic) bond motifs is 1. The van der Waals surface area contributed by atoms with Gasteiger partial charge in [-0.3, -0.25) is 9.36 Å². The van der Waals surface area contributed by atoms with Crippen LogP contribution in [0.15, 0.2) is 94.7 Å². The van der Waals surface area contributed by atoms with E-state index in [0.717, 1.165) is 44.5 Å². The van der Waals surface area contributed by atoms with Crippen LogP contribution < -0.4 is 5.32 Å². The lowest BCUT2D eigenvalue weighted by molar-refractivity contribution is -0.113. The molecule has 1 amide bonds. The molecule has 1 N–H and O–H groups in total. The van der Waals surface area contributed by atoms with Gasteiger partial charge in [0.25, 0.3) is 0 Å². The summed E-state index contributed by atoms with van der Waals surface area (Å²) in [4.78, 5) is 17.6. The first-order chi connectivity index (χ1) is 19.0. The van der Waals surface area contributed by atoms with Crippen molar-refractivity contribution < 1.29 is 9.21 Å². The lowest BCUT2D eigenvalue weighted by Crippen LogP contribution is -2.14. The number of rotatable bonds is 8. The topological polar surface area (TPSA) is 85.8 Å². The largest absolute Gasteiger partial charge is 0.467 e. The van der Waals surface area contributed by atoms with Crippen molar-refractivity contribution in [3.05, 3.63) is 102 Å². The van der Waals surface area contributed by atoms with E-state index in [4.69, 9.17) is 9.40 Å². The van der Waals surface area contributed by atoms with Gasteiger partial charge < -0.3 is 9.73 Å². The summed E-state index contributed by atoms with van der Waals surface area (Å²) >= 11 is 3.02. The van der Waals surface area contributed by atoms with E-state index in [9.17, 15) is 4.79 Å². The van der Waals surface area contributed by atoms with Crippen LogP contribution in [-0.2, 0) is 11.3 Å². The number of carbonyl (C=O) groups is 1. The Morgan fingerprint density at radius 1 is 0.949 bits per heavy atom. The fourth-order valence-corrected chi connectivity index (χ4v) is 6.08. The molecule has 0 atom stereocenters. The zero-order valence-electron chi connectivity index (χ0n) is 21.4. The van der Waals surface area contributed by atoms with E-state index in [-0.39, 0.29) is 11.7 Å². The molecule has 0 saturated heterocycles. The van der Waals surface area contributed by atoms with Crippen LogP contribution in [0.1, 0.15) is 16.9 Å². The first-order valence-electron chi connectivity index (χ1n) is 12.4. The molecular weight excluding hydrogens is 526 g/mol. The zero-order valence-corrected chi connectivity index (χ0v) is 23.1. The van der Waals surface area contributed by atoms with Crippen LogP contribution in [0.3, 0.4) is 0 Å². The number of hydrogen-bond donors (Lipinski definition) is 1. The Hall–Kier alpha value is -4.21. The van der Waals surface area contributed by atoms with Gasteiger partial charge in [-0.05, 0) is 74.0 Å². The predicted molar refractivity (Wildman–Crippen MR) is 157 cm³/mol. The van der Waals surface area contributed by atoms with Crippen molar-refractivity contribution in [1.82, 2.24) is 19.7 Å². The lowest BCUT2D eigenvalue weighted by atomic mass is 10.1. The molecule has 3 aromatic heterocycles. The summed E-state index contributed by atoms with van der Waals surface area (Å²) in [6.45, 7) is 4.60. The smallest absolute Gasteiger partial charge is 0.234 e. The lowest BCUT2D eigenvalue weighted by Gasteiger charge is -2.10. The molecule has 0 unspecified atom stereocenters. The van der Waals surface area contributed by atoms with Gasteiger partial charge in [-0.25, -0.2) is 4.98 Å². The number of thioether (sulfide) groups is 1. The highest BCUT2D eigenvalue weighted by atomic mass is 32.2. The van der Waals surface area contributed by atoms with Gasteiger partial charge >= 0.3 is 0 Å². The van der Waals surface area contributed by atoms with Crippen LogP contribution in [0, 0.1) is 13.8 Å². The maximum atomic E-state index is 12.8. The minimum Gasteiger partial charge on any atom is -0.467 e. The number of carbonyl (C=O) groups excluding carboxylic acids is 1. The second-order valence-electron chi connectivity index (χ2n) is 9.25. The van der Waals surface area contributed by atoms with Crippen LogP contribution >= 0.6 is 23.1 Å². The van der Waals surface area contributed by atoms with E-state index in [1.807, 2.05) is 66.1 Å². The minimum absolute atomic E-state index is 0.118. The summed E-state index contributed by atoms with van der Waals surface area (Å²) in [6.07, 6.45) is 1.65. The van der Waals surface area contributed by atoms with Crippen molar-refractivity contribution in [3.8, 4) is 22.0 Å². The Morgan fingerprint density at radius 3 is 2.59 bits per heavy atom. The molecule has 9 heteroatoms. The van der Waals surface area contributed by atoms with Crippen molar-refractivity contribution in [2.45, 2.75) is 25.5 Å². The Kier molecular flexibility index (Phi) is 7.00. The summed E-state index contributed by atoms with van der Waals surface area (Å²) in [5.74, 6) is 1.60. The number of thiazole rings is 1. The van der Waals surface area contributed by atoms with Gasteiger partial charge in [-0.1, -0.05) is 41.6 Å². The molecule has 6 aromatic rings. The highest BCUT2D eigenvalue weighted by Gasteiger charge is 2.17. The molecule has 0 fully saturated rings. The molecule has 3 aromatic carbocycles. The van der Waals surface area contributed by atoms with E-state index in [2.05, 4.69) is 46.7 Å². The quantitative estimate of drug-likeness (QED) is 0.201. The van der Waals surface area contributed by atoms with E-state index in [0.29, 0.717) is 11.7 Å². The summed E-state index contributed by atoms with van der Waals surface area (Å²) in [7, 11) is 0. The van der Waals surface area contributed by atoms with Gasteiger partial charge in [0, 0.05) is 16.8 Å². The van der Waals surface area contributed by atoms with E-state index in [1.165, 1.54) is 22.0 Å². The molecule has 0 aliphatic rings. The highest BCUT2D eigenvalue weighted by Crippen LogP contribution is 2.31. The number of anilines is 1. The normalized spacial score (nSPS) is 11.2. The number of aromatic nitrogens is 4. The van der Waals surface area contributed by atoms with Gasteiger partial charge in [0.2, 0.25) is 5.91 Å². The number of amides is 1. The third-order valence-corrected chi connectivity index (χ3v) is 8.21. The summed E-state index contributed by atoms with van der Waals surface area (Å²) in [5.41, 5.74) is 6.08. The number of nitrogens with zero attached hydrogens (tertiary/aromatic N) is 4. The molecule has 0 bridgehead atoms. The molecule has 0 spiro atoms. The van der Waals surface area contributed by atoms with Crippen LogP contribution in [0.2, 0.25) is 0 Å². The molecule has 194 valence electrons. The molecule has 0 radical (unpaired) electrons. The number of nitrogens with one attached hydrogen (secondary N) is 1. The third-order valence-electron chi connectivity index (χ3n) is 6.18. The van der Waals surface area contributed by atoms with Crippen molar-refractivity contribution in [1.29, 1.82) is 0 Å². The average Bonchev–Trinajstić information content (AvgIpc) is 3.68. The fourth-order valence-electron chi connectivity index (χ4n) is 4.27. The molecular formula is C30H25N5O2S2. The number of benzene rings is 3. The Balaban J connectivity index is 1.14. The highest BCUT2D eigenvalue weighted by molar-refractivity contribution is 7.99. The average molecular weight is 552 g/mol. The van der Waals surface area contributed by atoms with Crippen LogP contribution in [-0.4, -0.2) is 31.4 Å². The maximum absolute atomic E-state index is 12.8. The van der Waals surface area contributed by atoms with E-state index < -0.39 is 0 Å².